The molecule has 1 fully saturated rings. The van der Waals surface area contributed by atoms with Gasteiger partial charge in [0, 0.05) is 25.3 Å². The summed E-state index contributed by atoms with van der Waals surface area (Å²) in [5, 5.41) is 13.1. The van der Waals surface area contributed by atoms with Crippen molar-refractivity contribution < 1.29 is 9.84 Å². The molecule has 0 spiro atoms. The van der Waals surface area contributed by atoms with Gasteiger partial charge in [-0.15, -0.1) is 0 Å². The third-order valence-corrected chi connectivity index (χ3v) is 5.38. The summed E-state index contributed by atoms with van der Waals surface area (Å²) in [6.45, 7) is 2.09. The van der Waals surface area contributed by atoms with Crippen LogP contribution >= 0.6 is 0 Å². The van der Waals surface area contributed by atoms with Gasteiger partial charge < -0.3 is 15.2 Å². The van der Waals surface area contributed by atoms with Crippen molar-refractivity contribution in [1.29, 1.82) is 0 Å². The number of aliphatic hydroxyl groups is 1. The fraction of sp³-hybridized carbons (Fsp3) is 0.261. The van der Waals surface area contributed by atoms with Crippen molar-refractivity contribution in [2.45, 2.75) is 18.9 Å². The summed E-state index contributed by atoms with van der Waals surface area (Å²) in [7, 11) is 0. The zero-order valence-electron chi connectivity index (χ0n) is 17.0. The van der Waals surface area contributed by atoms with Crippen molar-refractivity contribution in [2.75, 3.05) is 25.0 Å². The molecule has 2 aromatic carbocycles. The number of rotatable bonds is 6. The van der Waals surface area contributed by atoms with E-state index in [4.69, 9.17) is 4.74 Å². The molecule has 1 aliphatic heterocycles. The molecule has 158 valence electrons. The molecule has 1 aliphatic rings. The van der Waals surface area contributed by atoms with Gasteiger partial charge in [0.1, 0.15) is 12.6 Å². The normalized spacial score (nSPS) is 19.5. The summed E-state index contributed by atoms with van der Waals surface area (Å²) in [5.74, 6) is 0.644. The van der Waals surface area contributed by atoms with Gasteiger partial charge in [-0.05, 0) is 17.7 Å². The molecule has 5 rings (SSSR count). The van der Waals surface area contributed by atoms with Gasteiger partial charge in [0.05, 0.1) is 19.0 Å². The predicted molar refractivity (Wildman–Crippen MR) is 118 cm³/mol. The van der Waals surface area contributed by atoms with E-state index >= 15 is 0 Å². The van der Waals surface area contributed by atoms with E-state index < -0.39 is 0 Å². The number of nitrogens with one attached hydrogen (secondary N) is 1. The fourth-order valence-corrected chi connectivity index (χ4v) is 3.93. The quantitative estimate of drug-likeness (QED) is 0.500. The Morgan fingerprint density at radius 1 is 0.968 bits per heavy atom. The second kappa shape index (κ2) is 8.81. The first-order valence-electron chi connectivity index (χ1n) is 10.3. The molecule has 31 heavy (non-hydrogen) atoms. The Morgan fingerprint density at radius 2 is 1.74 bits per heavy atom. The summed E-state index contributed by atoms with van der Waals surface area (Å²) in [6, 6.07) is 20.2. The minimum atomic E-state index is -0.306. The third kappa shape index (κ3) is 4.27. The number of anilines is 2. The van der Waals surface area contributed by atoms with Crippen LogP contribution in [0.4, 0.5) is 11.5 Å². The van der Waals surface area contributed by atoms with Crippen molar-refractivity contribution >= 4 is 22.7 Å². The van der Waals surface area contributed by atoms with Crippen LogP contribution in [-0.4, -0.2) is 55.3 Å². The molecular weight excluding hydrogens is 392 g/mol. The lowest BCUT2D eigenvalue weighted by Gasteiger charge is -2.37. The maximum atomic E-state index is 9.80. The van der Waals surface area contributed by atoms with Gasteiger partial charge in [-0.2, -0.15) is 0 Å². The molecule has 0 radical (unpaired) electrons. The third-order valence-electron chi connectivity index (χ3n) is 5.38. The van der Waals surface area contributed by atoms with Crippen LogP contribution in [0.25, 0.3) is 11.2 Å². The highest BCUT2D eigenvalue weighted by Crippen LogP contribution is 2.27. The number of para-hydroxylation sites is 1. The first-order chi connectivity index (χ1) is 15.3. The molecule has 2 atom stereocenters. The van der Waals surface area contributed by atoms with Crippen LogP contribution in [0.2, 0.25) is 0 Å². The summed E-state index contributed by atoms with van der Waals surface area (Å²) >= 11 is 0. The number of aliphatic hydroxyl groups excluding tert-OH is 1. The van der Waals surface area contributed by atoms with Gasteiger partial charge in [-0.25, -0.2) is 15.0 Å². The number of fused-ring (bicyclic) bond motifs is 1. The Kier molecular flexibility index (Phi) is 5.57. The molecular formula is C23H24N6O2. The number of aromatic nitrogens is 4. The molecule has 4 aromatic rings. The van der Waals surface area contributed by atoms with Crippen molar-refractivity contribution in [2.24, 2.45) is 0 Å². The van der Waals surface area contributed by atoms with Gasteiger partial charge in [0.2, 0.25) is 0 Å². The molecule has 1 saturated heterocycles. The number of nitrogens with zero attached hydrogens (tertiary/aromatic N) is 5. The first-order valence-corrected chi connectivity index (χ1v) is 10.3. The van der Waals surface area contributed by atoms with Crippen LogP contribution in [0.5, 0.6) is 0 Å². The molecule has 3 heterocycles. The van der Waals surface area contributed by atoms with Gasteiger partial charge >= 0.3 is 0 Å². The zero-order valence-corrected chi connectivity index (χ0v) is 17.0. The fourth-order valence-electron chi connectivity index (χ4n) is 3.93. The lowest BCUT2D eigenvalue weighted by atomic mass is 10.2. The first kappa shape index (κ1) is 19.6. The van der Waals surface area contributed by atoms with Crippen molar-refractivity contribution in [3.63, 3.8) is 0 Å². The van der Waals surface area contributed by atoms with E-state index in [2.05, 4.69) is 37.3 Å². The van der Waals surface area contributed by atoms with E-state index in [1.165, 1.54) is 11.9 Å². The van der Waals surface area contributed by atoms with Crippen molar-refractivity contribution in [1.82, 2.24) is 24.4 Å². The second-order valence-electron chi connectivity index (χ2n) is 7.61. The van der Waals surface area contributed by atoms with E-state index in [1.807, 2.05) is 53.1 Å². The number of hydrogen-bond acceptors (Lipinski definition) is 7. The Hall–Kier alpha value is -3.33. The number of benzene rings is 2. The Bertz CT molecular complexity index is 1130. The highest BCUT2D eigenvalue weighted by atomic mass is 16.5. The lowest BCUT2D eigenvalue weighted by molar-refractivity contribution is -0.135. The van der Waals surface area contributed by atoms with E-state index in [9.17, 15) is 5.11 Å². The molecule has 0 amide bonds. The molecule has 0 bridgehead atoms. The maximum absolute atomic E-state index is 9.80. The maximum Gasteiger partial charge on any atom is 0.167 e. The van der Waals surface area contributed by atoms with Crippen LogP contribution in [0.15, 0.2) is 73.3 Å². The summed E-state index contributed by atoms with van der Waals surface area (Å²) < 4.78 is 8.09. The number of hydrogen-bond donors (Lipinski definition) is 2. The smallest absolute Gasteiger partial charge is 0.167 e. The molecule has 2 aromatic heterocycles. The lowest BCUT2D eigenvalue weighted by Crippen LogP contribution is -2.46. The average molecular weight is 416 g/mol. The van der Waals surface area contributed by atoms with Crippen molar-refractivity contribution in [3.05, 3.63) is 78.9 Å². The van der Waals surface area contributed by atoms with Crippen LogP contribution in [0, 0.1) is 0 Å². The molecule has 8 nitrogen and oxygen atoms in total. The predicted octanol–water partition coefficient (Wildman–Crippen LogP) is 2.96. The van der Waals surface area contributed by atoms with Gasteiger partial charge in [-0.1, -0.05) is 48.5 Å². The Labute approximate surface area is 180 Å². The Morgan fingerprint density at radius 3 is 2.52 bits per heavy atom. The van der Waals surface area contributed by atoms with Crippen molar-refractivity contribution in [3.8, 4) is 0 Å². The number of morpholine rings is 1. The summed E-state index contributed by atoms with van der Waals surface area (Å²) in [5.41, 5.74) is 3.53. The minimum Gasteiger partial charge on any atom is -0.394 e. The van der Waals surface area contributed by atoms with Crippen LogP contribution < -0.4 is 5.32 Å². The monoisotopic (exact) mass is 416 g/mol. The van der Waals surface area contributed by atoms with E-state index in [-0.39, 0.29) is 18.9 Å². The average Bonchev–Trinajstić information content (AvgIpc) is 3.25. The molecule has 0 aliphatic carbocycles. The Balaban J connectivity index is 1.42. The van der Waals surface area contributed by atoms with Crippen LogP contribution in [-0.2, 0) is 11.3 Å². The second-order valence-corrected chi connectivity index (χ2v) is 7.61. The zero-order chi connectivity index (χ0) is 21.0. The van der Waals surface area contributed by atoms with Gasteiger partial charge in [0.15, 0.2) is 17.0 Å². The molecule has 8 heteroatoms. The molecule has 0 unspecified atom stereocenters. The largest absolute Gasteiger partial charge is 0.394 e. The van der Waals surface area contributed by atoms with E-state index in [0.717, 1.165) is 12.2 Å². The van der Waals surface area contributed by atoms with E-state index in [0.29, 0.717) is 30.1 Å². The SMILES string of the molecule is OC[C@@H]1CN(Cc2ccccc2)C[C@H](n2cnc3c(Nc4ccccc4)ncnc32)O1. The highest BCUT2D eigenvalue weighted by Gasteiger charge is 2.30. The van der Waals surface area contributed by atoms with Crippen LogP contribution in [0.3, 0.4) is 0 Å². The number of imidazole rings is 1. The number of ether oxygens (including phenoxy) is 1. The van der Waals surface area contributed by atoms with Gasteiger partial charge in [-0.3, -0.25) is 9.47 Å². The minimum absolute atomic E-state index is 0.0375. The molecule has 2 N–H and O–H groups in total. The summed E-state index contributed by atoms with van der Waals surface area (Å²) in [4.78, 5) is 15.7. The molecule has 0 saturated carbocycles. The van der Waals surface area contributed by atoms with Gasteiger partial charge in [0.25, 0.3) is 0 Å². The topological polar surface area (TPSA) is 88.3 Å². The highest BCUT2D eigenvalue weighted by molar-refractivity contribution is 5.85. The standard InChI is InChI=1S/C23H24N6O2/c30-14-19-12-28(11-17-7-3-1-4-8-17)13-20(31-19)29-16-26-21-22(24-15-25-23(21)29)27-18-9-5-2-6-10-18/h1-10,15-16,19-20,30H,11-14H2,(H,24,25,27)/t19-,20+/m0/s1. The van der Waals surface area contributed by atoms with E-state index in [1.54, 1.807) is 6.33 Å². The van der Waals surface area contributed by atoms with Crippen LogP contribution in [0.1, 0.15) is 11.8 Å². The summed E-state index contributed by atoms with van der Waals surface area (Å²) in [6.07, 6.45) is 2.68.